The Kier molecular flexibility index (Phi) is 7.07. The molecule has 0 aromatic heterocycles. The summed E-state index contributed by atoms with van der Waals surface area (Å²) in [5, 5.41) is 9.92. The number of aliphatic hydroxyl groups is 1. The Hall–Kier alpha value is -1.91. The summed E-state index contributed by atoms with van der Waals surface area (Å²) in [6.45, 7) is 12.2. The quantitative estimate of drug-likeness (QED) is 0.608. The molecule has 0 spiro atoms. The van der Waals surface area contributed by atoms with E-state index in [9.17, 15) is 13.5 Å². The van der Waals surface area contributed by atoms with Gasteiger partial charge in [-0.2, -0.15) is 4.31 Å². The van der Waals surface area contributed by atoms with E-state index >= 15 is 0 Å². The van der Waals surface area contributed by atoms with Crippen LogP contribution in [0.2, 0.25) is 0 Å². The molecule has 174 valence electrons. The van der Waals surface area contributed by atoms with Gasteiger partial charge in [-0.05, 0) is 75.1 Å². The van der Waals surface area contributed by atoms with Gasteiger partial charge in [0.05, 0.1) is 22.7 Å². The first kappa shape index (κ1) is 24.7. The summed E-state index contributed by atoms with van der Waals surface area (Å²) in [4.78, 5) is 0.223. The molecule has 0 bridgehead atoms. The van der Waals surface area contributed by atoms with Crippen LogP contribution in [0.5, 0.6) is 11.5 Å². The zero-order valence-electron chi connectivity index (χ0n) is 19.6. The van der Waals surface area contributed by atoms with Crippen molar-refractivity contribution in [3.8, 4) is 11.5 Å². The molecule has 1 saturated heterocycles. The van der Waals surface area contributed by atoms with E-state index in [4.69, 9.17) is 14.0 Å². The summed E-state index contributed by atoms with van der Waals surface area (Å²) in [5.41, 5.74) is 0.431. The number of sulfonamides is 1. The lowest BCUT2D eigenvalue weighted by Crippen LogP contribution is -2.41. The van der Waals surface area contributed by atoms with Crippen LogP contribution in [0.4, 0.5) is 0 Å². The van der Waals surface area contributed by atoms with Gasteiger partial charge in [0.15, 0.2) is 0 Å². The summed E-state index contributed by atoms with van der Waals surface area (Å²) >= 11 is 0. The van der Waals surface area contributed by atoms with Crippen LogP contribution < -0.4 is 10.2 Å². The Morgan fingerprint density at radius 2 is 1.47 bits per heavy atom. The maximum atomic E-state index is 12.6. The van der Waals surface area contributed by atoms with Crippen LogP contribution >= 0.6 is 0 Å². The standard InChI is InChI=1S/C23H32BNO6S/c1-7-25(8-2)32(27,28)20-12-9-18(10-13-20)29-19-11-14-21(17(15-19)16-26)24-30-22(3,4)23(5,6)31-24/h9-15,26H,7-8,16H2,1-6H3. The predicted octanol–water partition coefficient (Wildman–Crippen LogP) is 3.30. The van der Waals surface area contributed by atoms with Crippen LogP contribution in [0.25, 0.3) is 0 Å². The van der Waals surface area contributed by atoms with E-state index in [1.54, 1.807) is 24.3 Å². The zero-order valence-corrected chi connectivity index (χ0v) is 20.4. The van der Waals surface area contributed by atoms with Crippen molar-refractivity contribution in [2.45, 2.75) is 64.2 Å². The second-order valence-electron chi connectivity index (χ2n) is 8.77. The van der Waals surface area contributed by atoms with Gasteiger partial charge in [-0.1, -0.05) is 19.9 Å². The molecule has 1 heterocycles. The third-order valence-corrected chi connectivity index (χ3v) is 8.26. The molecule has 0 aliphatic carbocycles. The van der Waals surface area contributed by atoms with E-state index in [-0.39, 0.29) is 11.5 Å². The number of rotatable bonds is 8. The lowest BCUT2D eigenvalue weighted by Gasteiger charge is -2.32. The molecule has 0 radical (unpaired) electrons. The summed E-state index contributed by atoms with van der Waals surface area (Å²) in [5.74, 6) is 1.02. The Morgan fingerprint density at radius 1 is 0.938 bits per heavy atom. The van der Waals surface area contributed by atoms with Crippen molar-refractivity contribution in [2.75, 3.05) is 13.1 Å². The van der Waals surface area contributed by atoms with Crippen LogP contribution in [-0.4, -0.2) is 49.2 Å². The number of hydrogen-bond donors (Lipinski definition) is 1. The van der Waals surface area contributed by atoms with Gasteiger partial charge in [0.25, 0.3) is 0 Å². The number of benzene rings is 2. The van der Waals surface area contributed by atoms with Gasteiger partial charge in [0, 0.05) is 13.1 Å². The average Bonchev–Trinajstić information content (AvgIpc) is 2.96. The maximum absolute atomic E-state index is 12.6. The van der Waals surface area contributed by atoms with Crippen LogP contribution in [0, 0.1) is 0 Å². The topological polar surface area (TPSA) is 85.3 Å². The van der Waals surface area contributed by atoms with E-state index in [1.165, 1.54) is 16.4 Å². The summed E-state index contributed by atoms with van der Waals surface area (Å²) in [6.07, 6.45) is 0. The van der Waals surface area contributed by atoms with Gasteiger partial charge in [0.2, 0.25) is 10.0 Å². The molecule has 0 atom stereocenters. The Balaban J connectivity index is 1.79. The summed E-state index contributed by atoms with van der Waals surface area (Å²) < 4.78 is 44.8. The van der Waals surface area contributed by atoms with E-state index in [0.717, 1.165) is 5.46 Å². The lowest BCUT2D eigenvalue weighted by atomic mass is 9.76. The van der Waals surface area contributed by atoms with E-state index in [2.05, 4.69) is 0 Å². The smallest absolute Gasteiger partial charge is 0.457 e. The van der Waals surface area contributed by atoms with Gasteiger partial charge in [0.1, 0.15) is 11.5 Å². The number of aliphatic hydroxyl groups excluding tert-OH is 1. The number of nitrogens with zero attached hydrogens (tertiary/aromatic N) is 1. The molecular weight excluding hydrogens is 429 g/mol. The molecule has 1 N–H and O–H groups in total. The third-order valence-electron chi connectivity index (χ3n) is 6.19. The van der Waals surface area contributed by atoms with Crippen LogP contribution in [0.3, 0.4) is 0 Å². The molecule has 0 saturated carbocycles. The van der Waals surface area contributed by atoms with Crippen LogP contribution in [-0.2, 0) is 25.9 Å². The van der Waals surface area contributed by atoms with Crippen molar-refractivity contribution in [3.63, 3.8) is 0 Å². The first-order valence-electron chi connectivity index (χ1n) is 10.8. The second kappa shape index (κ2) is 9.15. The fourth-order valence-corrected chi connectivity index (χ4v) is 4.97. The Morgan fingerprint density at radius 3 is 1.97 bits per heavy atom. The normalized spacial score (nSPS) is 17.7. The Labute approximate surface area is 191 Å². The number of hydrogen-bond acceptors (Lipinski definition) is 6. The summed E-state index contributed by atoms with van der Waals surface area (Å²) in [7, 11) is -4.10. The van der Waals surface area contributed by atoms with Crippen LogP contribution in [0.15, 0.2) is 47.4 Å². The van der Waals surface area contributed by atoms with E-state index < -0.39 is 28.3 Å². The third kappa shape index (κ3) is 4.72. The van der Waals surface area contributed by atoms with Gasteiger partial charge in [-0.25, -0.2) is 8.42 Å². The molecule has 1 aliphatic rings. The van der Waals surface area contributed by atoms with Gasteiger partial charge >= 0.3 is 7.12 Å². The van der Waals surface area contributed by atoms with Crippen molar-refractivity contribution >= 4 is 22.6 Å². The minimum absolute atomic E-state index is 0.197. The van der Waals surface area contributed by atoms with E-state index in [1.807, 2.05) is 47.6 Å². The van der Waals surface area contributed by atoms with Gasteiger partial charge in [-0.15, -0.1) is 0 Å². The monoisotopic (exact) mass is 461 g/mol. The highest BCUT2D eigenvalue weighted by atomic mass is 32.2. The van der Waals surface area contributed by atoms with Gasteiger partial charge < -0.3 is 19.2 Å². The molecule has 0 amide bonds. The highest BCUT2D eigenvalue weighted by Gasteiger charge is 2.52. The molecular formula is C23H32BNO6S. The Bertz CT molecular complexity index is 1030. The zero-order chi connectivity index (χ0) is 23.7. The molecule has 7 nitrogen and oxygen atoms in total. The molecule has 1 aliphatic heterocycles. The highest BCUT2D eigenvalue weighted by molar-refractivity contribution is 7.89. The first-order valence-corrected chi connectivity index (χ1v) is 12.3. The molecule has 9 heteroatoms. The fourth-order valence-electron chi connectivity index (χ4n) is 3.51. The van der Waals surface area contributed by atoms with Crippen LogP contribution in [0.1, 0.15) is 47.1 Å². The molecule has 0 unspecified atom stereocenters. The lowest BCUT2D eigenvalue weighted by molar-refractivity contribution is 0.00578. The maximum Gasteiger partial charge on any atom is 0.495 e. The number of ether oxygens (including phenoxy) is 1. The van der Waals surface area contributed by atoms with Crippen molar-refractivity contribution in [1.82, 2.24) is 4.31 Å². The molecule has 2 aromatic carbocycles. The summed E-state index contributed by atoms with van der Waals surface area (Å²) in [6, 6.07) is 11.7. The minimum Gasteiger partial charge on any atom is -0.457 e. The molecule has 2 aromatic rings. The fraction of sp³-hybridized carbons (Fsp3) is 0.478. The predicted molar refractivity (Wildman–Crippen MR) is 125 cm³/mol. The average molecular weight is 461 g/mol. The molecule has 32 heavy (non-hydrogen) atoms. The molecule has 1 fully saturated rings. The highest BCUT2D eigenvalue weighted by Crippen LogP contribution is 2.37. The first-order chi connectivity index (χ1) is 14.9. The van der Waals surface area contributed by atoms with E-state index in [0.29, 0.717) is 30.2 Å². The largest absolute Gasteiger partial charge is 0.495 e. The van der Waals surface area contributed by atoms with Crippen molar-refractivity contribution < 1.29 is 27.6 Å². The van der Waals surface area contributed by atoms with Crippen molar-refractivity contribution in [1.29, 1.82) is 0 Å². The SMILES string of the molecule is CCN(CC)S(=O)(=O)c1ccc(Oc2ccc(B3OC(C)(C)C(C)(C)O3)c(CO)c2)cc1. The van der Waals surface area contributed by atoms with Gasteiger partial charge in [-0.3, -0.25) is 0 Å². The molecule has 3 rings (SSSR count). The second-order valence-corrected chi connectivity index (χ2v) is 10.7. The van der Waals surface area contributed by atoms with Crippen molar-refractivity contribution in [2.24, 2.45) is 0 Å². The minimum atomic E-state index is -3.52. The van der Waals surface area contributed by atoms with Crippen molar-refractivity contribution in [3.05, 3.63) is 48.0 Å².